The number of nitrogens with zero attached hydrogens (tertiary/aromatic N) is 1. The van der Waals surface area contributed by atoms with Crippen molar-refractivity contribution in [3.63, 3.8) is 0 Å². The van der Waals surface area contributed by atoms with Crippen molar-refractivity contribution in [3.05, 3.63) is 0 Å². The van der Waals surface area contributed by atoms with Gasteiger partial charge in [0.05, 0.1) is 0 Å². The van der Waals surface area contributed by atoms with Gasteiger partial charge in [0.25, 0.3) is 0 Å². The molecule has 0 rings (SSSR count). The molecule has 0 aromatic heterocycles. The minimum atomic E-state index is -0.746. The first-order valence-corrected chi connectivity index (χ1v) is 8.16. The summed E-state index contributed by atoms with van der Waals surface area (Å²) in [6.07, 6.45) is 3.46. The Hall–Kier alpha value is -0.610. The lowest BCUT2D eigenvalue weighted by Gasteiger charge is -2.31. The molecule has 0 aliphatic carbocycles. The molecule has 0 amide bonds. The van der Waals surface area contributed by atoms with Crippen LogP contribution in [0.2, 0.25) is 0 Å². The summed E-state index contributed by atoms with van der Waals surface area (Å²) in [6.45, 7) is 14.4. The molecule has 120 valence electrons. The molecule has 20 heavy (non-hydrogen) atoms. The molecule has 0 saturated heterocycles. The van der Waals surface area contributed by atoms with Gasteiger partial charge < -0.3 is 15.3 Å². The summed E-state index contributed by atoms with van der Waals surface area (Å²) < 4.78 is 0. The van der Waals surface area contributed by atoms with E-state index in [2.05, 4.69) is 31.0 Å². The first kappa shape index (κ1) is 19.4. The molecule has 0 aliphatic heterocycles. The second-order valence-electron chi connectivity index (χ2n) is 5.78. The molecule has 0 fully saturated rings. The fourth-order valence-electron chi connectivity index (χ4n) is 2.62. The number of likely N-dealkylation sites (N-methyl/N-ethyl adjacent to an activating group) is 1. The average Bonchev–Trinajstić information content (AvgIpc) is 2.44. The third-order valence-electron chi connectivity index (χ3n) is 4.32. The van der Waals surface area contributed by atoms with Crippen LogP contribution < -0.4 is 5.32 Å². The maximum Gasteiger partial charge on any atom is 0.323 e. The molecule has 4 nitrogen and oxygen atoms in total. The number of carboxylic acids is 1. The highest BCUT2D eigenvalue weighted by Crippen LogP contribution is 2.18. The molecule has 0 spiro atoms. The van der Waals surface area contributed by atoms with Crippen LogP contribution in [0.3, 0.4) is 0 Å². The van der Waals surface area contributed by atoms with Crippen molar-refractivity contribution in [3.8, 4) is 0 Å². The molecule has 0 aliphatic rings. The Labute approximate surface area is 124 Å². The lowest BCUT2D eigenvalue weighted by molar-refractivity contribution is -0.145. The van der Waals surface area contributed by atoms with Gasteiger partial charge in [0.1, 0.15) is 5.54 Å². The molecular formula is C16H34N2O2. The van der Waals surface area contributed by atoms with E-state index in [9.17, 15) is 9.90 Å². The molecule has 0 heterocycles. The van der Waals surface area contributed by atoms with E-state index in [-0.39, 0.29) is 0 Å². The van der Waals surface area contributed by atoms with Gasteiger partial charge in [-0.3, -0.25) is 4.79 Å². The smallest absolute Gasteiger partial charge is 0.323 e. The van der Waals surface area contributed by atoms with Crippen LogP contribution >= 0.6 is 0 Å². The monoisotopic (exact) mass is 286 g/mol. The number of nitrogens with one attached hydrogen (secondary N) is 1. The third kappa shape index (κ3) is 6.23. The fraction of sp³-hybridized carbons (Fsp3) is 0.938. The Balaban J connectivity index is 4.37. The highest BCUT2D eigenvalue weighted by Gasteiger charge is 2.35. The first-order valence-electron chi connectivity index (χ1n) is 8.16. The number of carbonyl (C=O) groups is 1. The van der Waals surface area contributed by atoms with Gasteiger partial charge in [-0.1, -0.05) is 41.0 Å². The molecule has 2 N–H and O–H groups in total. The molecule has 0 aromatic carbocycles. The van der Waals surface area contributed by atoms with Crippen molar-refractivity contribution in [2.45, 2.75) is 65.8 Å². The van der Waals surface area contributed by atoms with Crippen LogP contribution in [0.5, 0.6) is 0 Å². The zero-order valence-electron chi connectivity index (χ0n) is 14.0. The summed E-state index contributed by atoms with van der Waals surface area (Å²) in [5.74, 6) is -0.00838. The predicted molar refractivity (Wildman–Crippen MR) is 85.1 cm³/mol. The predicted octanol–water partition coefficient (Wildman–Crippen LogP) is 2.98. The van der Waals surface area contributed by atoms with E-state index in [1.165, 1.54) is 6.42 Å². The largest absolute Gasteiger partial charge is 0.480 e. The molecule has 2 unspecified atom stereocenters. The second-order valence-corrected chi connectivity index (χ2v) is 5.78. The van der Waals surface area contributed by atoms with Gasteiger partial charge in [-0.15, -0.1) is 0 Å². The van der Waals surface area contributed by atoms with Crippen LogP contribution in [0.4, 0.5) is 0 Å². The Morgan fingerprint density at radius 3 is 2.35 bits per heavy atom. The quantitative estimate of drug-likeness (QED) is 0.579. The molecule has 0 saturated carbocycles. The molecule has 0 aromatic rings. The van der Waals surface area contributed by atoms with Gasteiger partial charge in [-0.2, -0.15) is 0 Å². The van der Waals surface area contributed by atoms with Crippen LogP contribution in [0.1, 0.15) is 60.3 Å². The van der Waals surface area contributed by atoms with Gasteiger partial charge in [0, 0.05) is 6.54 Å². The minimum Gasteiger partial charge on any atom is -0.480 e. The Bertz CT molecular complexity index is 271. The highest BCUT2D eigenvalue weighted by atomic mass is 16.4. The SMILES string of the molecule is CCNC(CC)(CCCN(CC)CC(C)CC)C(=O)O. The fourth-order valence-corrected chi connectivity index (χ4v) is 2.62. The van der Waals surface area contributed by atoms with Crippen molar-refractivity contribution in [2.24, 2.45) is 5.92 Å². The Morgan fingerprint density at radius 2 is 1.95 bits per heavy atom. The summed E-state index contributed by atoms with van der Waals surface area (Å²) in [5, 5.41) is 12.7. The lowest BCUT2D eigenvalue weighted by Crippen LogP contribution is -2.52. The van der Waals surface area contributed by atoms with E-state index in [1.54, 1.807) is 0 Å². The normalized spacial score (nSPS) is 16.1. The van der Waals surface area contributed by atoms with E-state index < -0.39 is 11.5 Å². The maximum absolute atomic E-state index is 11.5. The van der Waals surface area contributed by atoms with Crippen LogP contribution in [-0.4, -0.2) is 47.7 Å². The first-order chi connectivity index (χ1) is 9.45. The van der Waals surface area contributed by atoms with Gasteiger partial charge in [-0.25, -0.2) is 0 Å². The molecule has 0 radical (unpaired) electrons. The van der Waals surface area contributed by atoms with Gasteiger partial charge in [0.2, 0.25) is 0 Å². The Kier molecular flexibility index (Phi) is 9.86. The molecular weight excluding hydrogens is 252 g/mol. The van der Waals surface area contributed by atoms with Gasteiger partial charge in [-0.05, 0) is 44.8 Å². The minimum absolute atomic E-state index is 0.633. The van der Waals surface area contributed by atoms with E-state index >= 15 is 0 Å². The van der Waals surface area contributed by atoms with E-state index in [0.29, 0.717) is 25.3 Å². The van der Waals surface area contributed by atoms with Gasteiger partial charge >= 0.3 is 5.97 Å². The molecule has 0 bridgehead atoms. The summed E-state index contributed by atoms with van der Waals surface area (Å²) in [6, 6.07) is 0. The number of rotatable bonds is 12. The van der Waals surface area contributed by atoms with Crippen LogP contribution in [0.25, 0.3) is 0 Å². The number of hydrogen-bond donors (Lipinski definition) is 2. The summed E-state index contributed by atoms with van der Waals surface area (Å²) in [5.41, 5.74) is -0.746. The average molecular weight is 286 g/mol. The third-order valence-corrected chi connectivity index (χ3v) is 4.32. The molecule has 2 atom stereocenters. The van der Waals surface area contributed by atoms with Crippen LogP contribution in [0, 0.1) is 5.92 Å². The molecule has 4 heteroatoms. The highest BCUT2D eigenvalue weighted by molar-refractivity contribution is 5.78. The van der Waals surface area contributed by atoms with Crippen molar-refractivity contribution in [1.82, 2.24) is 10.2 Å². The van der Waals surface area contributed by atoms with E-state index in [4.69, 9.17) is 0 Å². The standard InChI is InChI=1S/C16H34N2O2/c1-6-14(5)13-18(9-4)12-10-11-16(7-2,15(19)20)17-8-3/h14,17H,6-13H2,1-5H3,(H,19,20). The topological polar surface area (TPSA) is 52.6 Å². The van der Waals surface area contributed by atoms with Crippen LogP contribution in [-0.2, 0) is 4.79 Å². The Morgan fingerprint density at radius 1 is 1.30 bits per heavy atom. The van der Waals surface area contributed by atoms with Crippen molar-refractivity contribution >= 4 is 5.97 Å². The van der Waals surface area contributed by atoms with E-state index in [1.807, 2.05) is 13.8 Å². The van der Waals surface area contributed by atoms with E-state index in [0.717, 1.165) is 26.1 Å². The van der Waals surface area contributed by atoms with Crippen LogP contribution in [0.15, 0.2) is 0 Å². The van der Waals surface area contributed by atoms with Gasteiger partial charge in [0.15, 0.2) is 0 Å². The number of carboxylic acid groups (broad SMARTS) is 1. The van der Waals surface area contributed by atoms with Crippen molar-refractivity contribution < 1.29 is 9.90 Å². The summed E-state index contributed by atoms with van der Waals surface area (Å²) in [7, 11) is 0. The summed E-state index contributed by atoms with van der Waals surface area (Å²) >= 11 is 0. The number of hydrogen-bond acceptors (Lipinski definition) is 3. The second kappa shape index (κ2) is 10.2. The zero-order valence-corrected chi connectivity index (χ0v) is 14.0. The lowest BCUT2D eigenvalue weighted by atomic mass is 9.90. The number of aliphatic carboxylic acids is 1. The van der Waals surface area contributed by atoms with Crippen molar-refractivity contribution in [2.75, 3.05) is 26.2 Å². The van der Waals surface area contributed by atoms with Crippen molar-refractivity contribution in [1.29, 1.82) is 0 Å². The summed E-state index contributed by atoms with van der Waals surface area (Å²) in [4.78, 5) is 14.0. The zero-order chi connectivity index (χ0) is 15.6. The maximum atomic E-state index is 11.5.